The summed E-state index contributed by atoms with van der Waals surface area (Å²) in [7, 11) is 0. The van der Waals surface area contributed by atoms with E-state index in [1.54, 1.807) is 4.90 Å². The molecule has 4 amide bonds. The molecule has 1 spiro atoms. The van der Waals surface area contributed by atoms with Crippen molar-refractivity contribution in [2.24, 2.45) is 0 Å². The van der Waals surface area contributed by atoms with Crippen molar-refractivity contribution >= 4 is 51.0 Å². The average Bonchev–Trinajstić information content (AvgIpc) is 3.38. The average molecular weight is 458 g/mol. The number of nitrogens with zero attached hydrogens (tertiary/aromatic N) is 3. The van der Waals surface area contributed by atoms with Crippen molar-refractivity contribution < 1.29 is 14.4 Å². The molecule has 2 saturated heterocycles. The first-order valence-electron chi connectivity index (χ1n) is 9.99. The van der Waals surface area contributed by atoms with Crippen LogP contribution in [0.1, 0.15) is 33.8 Å². The summed E-state index contributed by atoms with van der Waals surface area (Å²) in [5, 5.41) is 11.3. The zero-order chi connectivity index (χ0) is 21.8. The van der Waals surface area contributed by atoms with Crippen molar-refractivity contribution in [3.8, 4) is 0 Å². The summed E-state index contributed by atoms with van der Waals surface area (Å²) < 4.78 is 1.89. The molecule has 2 aliphatic heterocycles. The van der Waals surface area contributed by atoms with Gasteiger partial charge in [0, 0.05) is 23.5 Å². The first-order chi connectivity index (χ1) is 14.9. The minimum absolute atomic E-state index is 0.0653. The standard InChI is InChI=1S/C21H20ClN5O3S/c1-12-14-10-16(31-18(14)27(25-12)11-13-4-2-3-5-15(13)22)17(28)26-8-6-21(7-9-26)19(29)23-20(30)24-21/h2-5,10H,6-9,11H2,1H3,(H2,23,24,29,30). The molecule has 0 bridgehead atoms. The van der Waals surface area contributed by atoms with E-state index in [4.69, 9.17) is 11.6 Å². The molecule has 0 radical (unpaired) electrons. The third kappa shape index (κ3) is 3.37. The summed E-state index contributed by atoms with van der Waals surface area (Å²) in [5.41, 5.74) is 0.938. The number of amides is 4. The number of thiophene rings is 1. The molecule has 8 nitrogen and oxygen atoms in total. The fraction of sp³-hybridized carbons (Fsp3) is 0.333. The van der Waals surface area contributed by atoms with Crippen molar-refractivity contribution in [3.63, 3.8) is 0 Å². The summed E-state index contributed by atoms with van der Waals surface area (Å²) in [6, 6.07) is 9.07. The number of nitrogens with one attached hydrogen (secondary N) is 2. The van der Waals surface area contributed by atoms with E-state index in [-0.39, 0.29) is 11.8 Å². The van der Waals surface area contributed by atoms with Gasteiger partial charge in [0.25, 0.3) is 11.8 Å². The van der Waals surface area contributed by atoms with Crippen molar-refractivity contribution in [3.05, 3.63) is 51.5 Å². The van der Waals surface area contributed by atoms with Crippen LogP contribution in [0.2, 0.25) is 5.02 Å². The van der Waals surface area contributed by atoms with Gasteiger partial charge in [0.05, 0.1) is 17.1 Å². The zero-order valence-electron chi connectivity index (χ0n) is 16.8. The van der Waals surface area contributed by atoms with Crippen LogP contribution >= 0.6 is 22.9 Å². The van der Waals surface area contributed by atoms with E-state index in [0.29, 0.717) is 42.4 Å². The molecule has 160 valence electrons. The maximum absolute atomic E-state index is 13.1. The van der Waals surface area contributed by atoms with Crippen molar-refractivity contribution in [2.75, 3.05) is 13.1 Å². The quantitative estimate of drug-likeness (QED) is 0.591. The minimum atomic E-state index is -0.889. The smallest absolute Gasteiger partial charge is 0.322 e. The molecule has 4 heterocycles. The molecule has 0 atom stereocenters. The highest BCUT2D eigenvalue weighted by molar-refractivity contribution is 7.20. The number of rotatable bonds is 3. The highest BCUT2D eigenvalue weighted by Gasteiger charge is 2.48. The molecular formula is C21H20ClN5O3S. The maximum atomic E-state index is 13.1. The van der Waals surface area contributed by atoms with Crippen molar-refractivity contribution in [2.45, 2.75) is 31.8 Å². The Labute approximate surface area is 187 Å². The molecule has 1 aromatic carbocycles. The van der Waals surface area contributed by atoms with Crippen LogP contribution in [-0.2, 0) is 11.3 Å². The highest BCUT2D eigenvalue weighted by atomic mass is 35.5. The van der Waals surface area contributed by atoms with E-state index in [9.17, 15) is 14.4 Å². The Hall–Kier alpha value is -2.91. The summed E-state index contributed by atoms with van der Waals surface area (Å²) in [6.07, 6.45) is 0.807. The number of carbonyl (C=O) groups excluding carboxylic acids is 3. The monoisotopic (exact) mass is 457 g/mol. The van der Waals surface area contributed by atoms with Crippen LogP contribution < -0.4 is 10.6 Å². The normalized spacial score (nSPS) is 17.9. The van der Waals surface area contributed by atoms with E-state index in [1.807, 2.05) is 41.9 Å². The highest BCUT2D eigenvalue weighted by Crippen LogP contribution is 2.32. The molecule has 0 unspecified atom stereocenters. The molecule has 5 rings (SSSR count). The van der Waals surface area contributed by atoms with E-state index in [1.165, 1.54) is 11.3 Å². The van der Waals surface area contributed by atoms with Gasteiger partial charge < -0.3 is 10.2 Å². The van der Waals surface area contributed by atoms with Gasteiger partial charge in [0.2, 0.25) is 0 Å². The second kappa shape index (κ2) is 7.35. The number of halogens is 1. The number of carbonyl (C=O) groups is 3. The van der Waals surface area contributed by atoms with E-state index >= 15 is 0 Å². The van der Waals surface area contributed by atoms with Gasteiger partial charge in [-0.1, -0.05) is 29.8 Å². The third-order valence-electron chi connectivity index (χ3n) is 6.01. The minimum Gasteiger partial charge on any atom is -0.338 e. The van der Waals surface area contributed by atoms with Gasteiger partial charge in [-0.2, -0.15) is 5.10 Å². The molecule has 2 aliphatic rings. The summed E-state index contributed by atoms with van der Waals surface area (Å²) >= 11 is 7.72. The largest absolute Gasteiger partial charge is 0.338 e. The Kier molecular flexibility index (Phi) is 4.75. The van der Waals surface area contributed by atoms with Gasteiger partial charge in [0.1, 0.15) is 10.4 Å². The predicted octanol–water partition coefficient (Wildman–Crippen LogP) is 2.92. The third-order valence-corrected chi connectivity index (χ3v) is 7.52. The molecular weight excluding hydrogens is 438 g/mol. The number of aromatic nitrogens is 2. The van der Waals surface area contributed by atoms with Crippen LogP contribution in [0.4, 0.5) is 4.79 Å². The number of imide groups is 1. The molecule has 10 heteroatoms. The zero-order valence-corrected chi connectivity index (χ0v) is 18.3. The molecule has 2 aromatic heterocycles. The van der Waals surface area contributed by atoms with Gasteiger partial charge in [-0.3, -0.25) is 19.6 Å². The second-order valence-corrected chi connectivity index (χ2v) is 9.38. The van der Waals surface area contributed by atoms with Gasteiger partial charge in [-0.25, -0.2) is 4.79 Å². The molecule has 3 aromatic rings. The van der Waals surface area contributed by atoms with Crippen molar-refractivity contribution in [1.82, 2.24) is 25.3 Å². The summed E-state index contributed by atoms with van der Waals surface area (Å²) in [5.74, 6) is -0.369. The molecule has 0 aliphatic carbocycles. The molecule has 31 heavy (non-hydrogen) atoms. The lowest BCUT2D eigenvalue weighted by molar-refractivity contribution is -0.125. The van der Waals surface area contributed by atoms with Gasteiger partial charge in [0.15, 0.2) is 0 Å². The Morgan fingerprint density at radius 2 is 2.00 bits per heavy atom. The lowest BCUT2D eigenvalue weighted by Crippen LogP contribution is -2.55. The van der Waals surface area contributed by atoms with Crippen LogP contribution in [0, 0.1) is 6.92 Å². The first kappa shape index (κ1) is 20.0. The second-order valence-electron chi connectivity index (χ2n) is 7.95. The topological polar surface area (TPSA) is 96.3 Å². The number of piperidine rings is 1. The van der Waals surface area contributed by atoms with Crippen LogP contribution in [0.5, 0.6) is 0 Å². The van der Waals surface area contributed by atoms with E-state index in [0.717, 1.165) is 21.5 Å². The molecule has 2 N–H and O–H groups in total. The Morgan fingerprint density at radius 3 is 2.68 bits per heavy atom. The van der Waals surface area contributed by atoms with Gasteiger partial charge in [-0.05, 0) is 37.5 Å². The summed E-state index contributed by atoms with van der Waals surface area (Å²) in [4.78, 5) is 40.1. The molecule has 0 saturated carbocycles. The van der Waals surface area contributed by atoms with E-state index < -0.39 is 11.6 Å². The fourth-order valence-electron chi connectivity index (χ4n) is 4.24. The fourth-order valence-corrected chi connectivity index (χ4v) is 5.57. The van der Waals surface area contributed by atoms with Crippen molar-refractivity contribution in [1.29, 1.82) is 0 Å². The number of urea groups is 1. The number of benzene rings is 1. The van der Waals surface area contributed by atoms with E-state index in [2.05, 4.69) is 15.7 Å². The van der Waals surface area contributed by atoms with Gasteiger partial charge in [-0.15, -0.1) is 11.3 Å². The van der Waals surface area contributed by atoms with Crippen LogP contribution in [0.3, 0.4) is 0 Å². The Balaban J connectivity index is 1.36. The lowest BCUT2D eigenvalue weighted by atomic mass is 9.87. The first-order valence-corrected chi connectivity index (χ1v) is 11.2. The van der Waals surface area contributed by atoms with Gasteiger partial charge >= 0.3 is 6.03 Å². The lowest BCUT2D eigenvalue weighted by Gasteiger charge is -2.36. The Bertz CT molecular complexity index is 1230. The summed E-state index contributed by atoms with van der Waals surface area (Å²) in [6.45, 7) is 3.27. The number of aryl methyl sites for hydroxylation is 1. The Morgan fingerprint density at radius 1 is 1.26 bits per heavy atom. The number of likely N-dealkylation sites (tertiary alicyclic amines) is 1. The maximum Gasteiger partial charge on any atom is 0.322 e. The molecule has 2 fully saturated rings. The van der Waals surface area contributed by atoms with Crippen LogP contribution in [0.25, 0.3) is 10.2 Å². The van der Waals surface area contributed by atoms with Crippen LogP contribution in [0.15, 0.2) is 30.3 Å². The number of hydrogen-bond donors (Lipinski definition) is 2. The van der Waals surface area contributed by atoms with Crippen LogP contribution in [-0.4, -0.2) is 51.2 Å². The number of hydrogen-bond acceptors (Lipinski definition) is 5. The predicted molar refractivity (Wildman–Crippen MR) is 117 cm³/mol. The number of fused-ring (bicyclic) bond motifs is 1. The SMILES string of the molecule is Cc1nn(Cc2ccccc2Cl)c2sc(C(=O)N3CCC4(CC3)NC(=O)NC4=O)cc12.